The Balaban J connectivity index is 2.11. The van der Waals surface area contributed by atoms with Gasteiger partial charge in [-0.05, 0) is 30.2 Å². The summed E-state index contributed by atoms with van der Waals surface area (Å²) in [6, 6.07) is 4.28. The first-order valence-electron chi connectivity index (χ1n) is 3.59. The molecule has 1 atom stereocenters. The zero-order valence-electron chi connectivity index (χ0n) is 5.66. The van der Waals surface area contributed by atoms with Gasteiger partial charge in [-0.3, -0.25) is 0 Å². The minimum Gasteiger partial charge on any atom is -0.170 e. The van der Waals surface area contributed by atoms with Crippen molar-refractivity contribution in [3.8, 4) is 0 Å². The van der Waals surface area contributed by atoms with Crippen LogP contribution in [0.4, 0.5) is 0 Å². The molecule has 0 radical (unpaired) electrons. The fraction of sp³-hybridized carbons (Fsp3) is 0.500. The second-order valence-corrected chi connectivity index (χ2v) is 4.33. The van der Waals surface area contributed by atoms with Crippen molar-refractivity contribution in [1.82, 2.24) is 0 Å². The van der Waals surface area contributed by atoms with Crippen LogP contribution in [0.25, 0.3) is 0 Å². The third-order valence-corrected chi connectivity index (χ3v) is 3.73. The average molecular weight is 170 g/mol. The lowest BCUT2D eigenvalue weighted by atomic mass is 10.2. The van der Waals surface area contributed by atoms with Gasteiger partial charge in [0.2, 0.25) is 0 Å². The summed E-state index contributed by atoms with van der Waals surface area (Å²) in [5, 5.41) is 2.65. The van der Waals surface area contributed by atoms with E-state index in [1.165, 1.54) is 17.7 Å². The van der Waals surface area contributed by atoms with Crippen molar-refractivity contribution in [2.45, 2.75) is 18.1 Å². The maximum atomic E-state index is 4.55. The maximum absolute atomic E-state index is 4.55. The van der Waals surface area contributed by atoms with Crippen LogP contribution in [0.1, 0.15) is 23.0 Å². The highest BCUT2D eigenvalue weighted by molar-refractivity contribution is 7.80. The largest absolute Gasteiger partial charge is 0.170 e. The van der Waals surface area contributed by atoms with Gasteiger partial charge < -0.3 is 0 Å². The standard InChI is InChI=1S/C8H10S2/c9-8(6-3-4-6)7-2-1-5-10-7/h1-2,5-6,8-9H,3-4H2. The van der Waals surface area contributed by atoms with Crippen molar-refractivity contribution in [3.63, 3.8) is 0 Å². The van der Waals surface area contributed by atoms with E-state index in [4.69, 9.17) is 0 Å². The van der Waals surface area contributed by atoms with Crippen molar-refractivity contribution in [2.24, 2.45) is 5.92 Å². The van der Waals surface area contributed by atoms with E-state index in [0.29, 0.717) is 5.25 Å². The minimum atomic E-state index is 0.528. The molecular weight excluding hydrogens is 160 g/mol. The molecule has 0 aromatic carbocycles. The second-order valence-electron chi connectivity index (χ2n) is 2.80. The molecule has 1 aromatic heterocycles. The molecule has 1 heterocycles. The van der Waals surface area contributed by atoms with Gasteiger partial charge in [0.15, 0.2) is 0 Å². The van der Waals surface area contributed by atoms with Crippen LogP contribution in [0, 0.1) is 5.92 Å². The highest BCUT2D eigenvalue weighted by atomic mass is 32.1. The summed E-state index contributed by atoms with van der Waals surface area (Å²) in [4.78, 5) is 1.44. The number of hydrogen-bond acceptors (Lipinski definition) is 2. The van der Waals surface area contributed by atoms with E-state index >= 15 is 0 Å². The van der Waals surface area contributed by atoms with Gasteiger partial charge in [-0.25, -0.2) is 0 Å². The number of thiol groups is 1. The smallest absolute Gasteiger partial charge is 0.0389 e. The van der Waals surface area contributed by atoms with Gasteiger partial charge >= 0.3 is 0 Å². The van der Waals surface area contributed by atoms with E-state index in [2.05, 4.69) is 30.1 Å². The molecule has 0 bridgehead atoms. The summed E-state index contributed by atoms with van der Waals surface area (Å²) in [6.07, 6.45) is 2.76. The predicted octanol–water partition coefficient (Wildman–Crippen LogP) is 3.13. The van der Waals surface area contributed by atoms with Crippen molar-refractivity contribution in [1.29, 1.82) is 0 Å². The van der Waals surface area contributed by atoms with E-state index in [-0.39, 0.29) is 0 Å². The SMILES string of the molecule is SC(c1cccs1)C1CC1. The summed E-state index contributed by atoms with van der Waals surface area (Å²) >= 11 is 6.38. The van der Waals surface area contributed by atoms with Crippen LogP contribution in [-0.4, -0.2) is 0 Å². The molecule has 0 spiro atoms. The molecule has 2 rings (SSSR count). The Labute approximate surface area is 70.7 Å². The van der Waals surface area contributed by atoms with Crippen molar-refractivity contribution < 1.29 is 0 Å². The van der Waals surface area contributed by atoms with Gasteiger partial charge in [0.25, 0.3) is 0 Å². The van der Waals surface area contributed by atoms with Gasteiger partial charge in [0.05, 0.1) is 0 Å². The molecule has 2 heteroatoms. The van der Waals surface area contributed by atoms with Crippen LogP contribution in [0.5, 0.6) is 0 Å². The predicted molar refractivity (Wildman–Crippen MR) is 48.8 cm³/mol. The Morgan fingerprint density at radius 2 is 2.40 bits per heavy atom. The molecule has 1 unspecified atom stereocenters. The molecule has 1 saturated carbocycles. The summed E-state index contributed by atoms with van der Waals surface area (Å²) < 4.78 is 0. The Morgan fingerprint density at radius 3 is 2.90 bits per heavy atom. The zero-order valence-corrected chi connectivity index (χ0v) is 7.37. The number of thiophene rings is 1. The Bertz CT molecular complexity index is 199. The summed E-state index contributed by atoms with van der Waals surface area (Å²) in [7, 11) is 0. The van der Waals surface area contributed by atoms with Gasteiger partial charge in [-0.1, -0.05) is 6.07 Å². The lowest BCUT2D eigenvalue weighted by Gasteiger charge is -2.03. The summed E-state index contributed by atoms with van der Waals surface area (Å²) in [5.74, 6) is 0.877. The van der Waals surface area contributed by atoms with Crippen LogP contribution >= 0.6 is 24.0 Å². The first kappa shape index (κ1) is 6.74. The highest BCUT2D eigenvalue weighted by Crippen LogP contribution is 2.45. The number of hydrogen-bond donors (Lipinski definition) is 1. The Hall–Kier alpha value is 0.0500. The summed E-state index contributed by atoms with van der Waals surface area (Å²) in [5.41, 5.74) is 0. The monoisotopic (exact) mass is 170 g/mol. The zero-order chi connectivity index (χ0) is 6.97. The molecule has 0 amide bonds. The van der Waals surface area contributed by atoms with Crippen molar-refractivity contribution in [3.05, 3.63) is 22.4 Å². The van der Waals surface area contributed by atoms with E-state index in [1.807, 2.05) is 11.3 Å². The van der Waals surface area contributed by atoms with Crippen LogP contribution in [-0.2, 0) is 0 Å². The molecule has 1 aromatic rings. The normalized spacial score (nSPS) is 20.9. The molecular formula is C8H10S2. The van der Waals surface area contributed by atoms with E-state index < -0.39 is 0 Å². The number of rotatable bonds is 2. The topological polar surface area (TPSA) is 0 Å². The molecule has 1 aliphatic carbocycles. The van der Waals surface area contributed by atoms with Crippen LogP contribution in [0.15, 0.2) is 17.5 Å². The molecule has 0 saturated heterocycles. The third-order valence-electron chi connectivity index (χ3n) is 1.90. The lowest BCUT2D eigenvalue weighted by Crippen LogP contribution is -1.86. The van der Waals surface area contributed by atoms with Crippen LogP contribution in [0.3, 0.4) is 0 Å². The lowest BCUT2D eigenvalue weighted by molar-refractivity contribution is 0.829. The molecule has 54 valence electrons. The van der Waals surface area contributed by atoms with E-state index in [9.17, 15) is 0 Å². The Morgan fingerprint density at radius 1 is 1.60 bits per heavy atom. The fourth-order valence-corrected chi connectivity index (χ4v) is 2.47. The third kappa shape index (κ3) is 1.23. The molecule has 0 aliphatic heterocycles. The summed E-state index contributed by atoms with van der Waals surface area (Å²) in [6.45, 7) is 0. The van der Waals surface area contributed by atoms with E-state index in [0.717, 1.165) is 5.92 Å². The molecule has 0 N–H and O–H groups in total. The fourth-order valence-electron chi connectivity index (χ4n) is 1.10. The van der Waals surface area contributed by atoms with Crippen molar-refractivity contribution >= 4 is 24.0 Å². The minimum absolute atomic E-state index is 0.528. The average Bonchev–Trinajstić information content (AvgIpc) is 2.65. The van der Waals surface area contributed by atoms with E-state index in [1.54, 1.807) is 0 Å². The molecule has 0 nitrogen and oxygen atoms in total. The highest BCUT2D eigenvalue weighted by Gasteiger charge is 2.29. The van der Waals surface area contributed by atoms with Crippen LogP contribution in [0.2, 0.25) is 0 Å². The Kier molecular flexibility index (Phi) is 1.75. The van der Waals surface area contributed by atoms with Gasteiger partial charge in [0.1, 0.15) is 0 Å². The molecule has 10 heavy (non-hydrogen) atoms. The van der Waals surface area contributed by atoms with Gasteiger partial charge in [0, 0.05) is 10.1 Å². The second kappa shape index (κ2) is 2.59. The maximum Gasteiger partial charge on any atom is 0.0389 e. The van der Waals surface area contributed by atoms with Gasteiger partial charge in [-0.2, -0.15) is 12.6 Å². The quantitative estimate of drug-likeness (QED) is 0.648. The molecule has 1 aliphatic rings. The first-order valence-corrected chi connectivity index (χ1v) is 4.99. The van der Waals surface area contributed by atoms with Gasteiger partial charge in [-0.15, -0.1) is 11.3 Å². The van der Waals surface area contributed by atoms with Crippen molar-refractivity contribution in [2.75, 3.05) is 0 Å². The van der Waals surface area contributed by atoms with Crippen LogP contribution < -0.4 is 0 Å². The first-order chi connectivity index (χ1) is 4.88. The molecule has 1 fully saturated rings.